The number of aromatic carboxylic acids is 1. The van der Waals surface area contributed by atoms with Gasteiger partial charge < -0.3 is 14.8 Å². The Bertz CT molecular complexity index is 614. The van der Waals surface area contributed by atoms with E-state index in [9.17, 15) is 18.0 Å². The molecule has 0 aliphatic heterocycles. The smallest absolute Gasteiger partial charge is 0.371 e. The van der Waals surface area contributed by atoms with Gasteiger partial charge in [0.1, 0.15) is 5.25 Å². The number of carbonyl (C=O) groups is 2. The molecule has 2 N–H and O–H groups in total. The highest BCUT2D eigenvalue weighted by Crippen LogP contribution is 2.19. The van der Waals surface area contributed by atoms with Crippen molar-refractivity contribution >= 4 is 21.7 Å². The lowest BCUT2D eigenvalue weighted by Gasteiger charge is -2.17. The molecule has 1 atom stereocenters. The second-order valence-electron chi connectivity index (χ2n) is 4.63. The Labute approximate surface area is 123 Å². The van der Waals surface area contributed by atoms with Gasteiger partial charge in [0.2, 0.25) is 26.6 Å². The van der Waals surface area contributed by atoms with E-state index in [4.69, 9.17) is 9.52 Å². The Morgan fingerprint density at radius 3 is 2.29 bits per heavy atom. The fourth-order valence-electron chi connectivity index (χ4n) is 1.71. The first-order valence-electron chi connectivity index (χ1n) is 6.61. The molecule has 0 aliphatic rings. The fourth-order valence-corrected chi connectivity index (χ4v) is 2.88. The summed E-state index contributed by atoms with van der Waals surface area (Å²) in [5, 5.41) is 9.50. The molecule has 118 valence electrons. The molecule has 0 saturated carbocycles. The average molecular weight is 317 g/mol. The van der Waals surface area contributed by atoms with Crippen molar-refractivity contribution in [3.05, 3.63) is 17.9 Å². The van der Waals surface area contributed by atoms with Crippen LogP contribution < -0.4 is 5.32 Å². The van der Waals surface area contributed by atoms with Gasteiger partial charge >= 0.3 is 5.97 Å². The molecule has 1 unspecified atom stereocenters. The molecule has 21 heavy (non-hydrogen) atoms. The van der Waals surface area contributed by atoms with Gasteiger partial charge in [0.15, 0.2) is 0 Å². The molecule has 1 amide bonds. The Morgan fingerprint density at radius 2 is 1.86 bits per heavy atom. The zero-order valence-electron chi connectivity index (χ0n) is 12.1. The van der Waals surface area contributed by atoms with Crippen LogP contribution in [-0.2, 0) is 14.6 Å². The standard InChI is InChI=1S/C13H19NO6S/c1-4-9(5-2)14-12(15)8(3)21(18,19)11-7-6-10(20-11)13(16)17/h6-9H,4-5H2,1-3H3,(H,14,15)(H,16,17). The van der Waals surface area contributed by atoms with E-state index in [0.717, 1.165) is 12.1 Å². The molecule has 0 fully saturated rings. The van der Waals surface area contributed by atoms with Crippen LogP contribution in [0, 0.1) is 0 Å². The molecule has 7 nitrogen and oxygen atoms in total. The van der Waals surface area contributed by atoms with Gasteiger partial charge in [0, 0.05) is 6.04 Å². The van der Waals surface area contributed by atoms with Crippen LogP contribution in [0.2, 0.25) is 0 Å². The van der Waals surface area contributed by atoms with Crippen molar-refractivity contribution in [1.29, 1.82) is 0 Å². The summed E-state index contributed by atoms with van der Waals surface area (Å²) in [5.74, 6) is -2.48. The number of furan rings is 1. The summed E-state index contributed by atoms with van der Waals surface area (Å²) in [7, 11) is -4.06. The van der Waals surface area contributed by atoms with E-state index in [1.807, 2.05) is 13.8 Å². The maximum atomic E-state index is 12.2. The quantitative estimate of drug-likeness (QED) is 0.786. The molecular formula is C13H19NO6S. The largest absolute Gasteiger partial charge is 0.475 e. The number of sulfone groups is 1. The molecule has 0 aliphatic carbocycles. The van der Waals surface area contributed by atoms with E-state index < -0.39 is 37.8 Å². The van der Waals surface area contributed by atoms with E-state index in [1.54, 1.807) is 0 Å². The predicted molar refractivity (Wildman–Crippen MR) is 74.8 cm³/mol. The lowest BCUT2D eigenvalue weighted by Crippen LogP contribution is -2.42. The van der Waals surface area contributed by atoms with E-state index in [1.165, 1.54) is 6.92 Å². The highest BCUT2D eigenvalue weighted by atomic mass is 32.2. The van der Waals surface area contributed by atoms with Crippen molar-refractivity contribution in [2.75, 3.05) is 0 Å². The van der Waals surface area contributed by atoms with E-state index in [2.05, 4.69) is 5.32 Å². The zero-order valence-corrected chi connectivity index (χ0v) is 12.9. The highest BCUT2D eigenvalue weighted by Gasteiger charge is 2.33. The maximum absolute atomic E-state index is 12.2. The Balaban J connectivity index is 2.95. The van der Waals surface area contributed by atoms with Gasteiger partial charge in [-0.25, -0.2) is 13.2 Å². The molecule has 1 heterocycles. The molecule has 0 bridgehead atoms. The number of amides is 1. The van der Waals surface area contributed by atoms with Crippen molar-refractivity contribution in [1.82, 2.24) is 5.32 Å². The topological polar surface area (TPSA) is 114 Å². The molecule has 0 radical (unpaired) electrons. The van der Waals surface area contributed by atoms with E-state index >= 15 is 0 Å². The molecule has 1 aromatic rings. The number of carboxylic acids is 1. The van der Waals surface area contributed by atoms with Crippen molar-refractivity contribution in [3.63, 3.8) is 0 Å². The Hall–Kier alpha value is -1.83. The summed E-state index contributed by atoms with van der Waals surface area (Å²) in [6.45, 7) is 5.02. The van der Waals surface area contributed by atoms with Gasteiger partial charge in [0.05, 0.1) is 0 Å². The third-order valence-electron chi connectivity index (χ3n) is 3.24. The van der Waals surface area contributed by atoms with Gasteiger partial charge in [-0.1, -0.05) is 13.8 Å². The minimum absolute atomic E-state index is 0.0960. The van der Waals surface area contributed by atoms with Crippen LogP contribution in [0.15, 0.2) is 21.6 Å². The molecule has 1 aromatic heterocycles. The molecule has 0 saturated heterocycles. The van der Waals surface area contributed by atoms with Crippen LogP contribution in [0.3, 0.4) is 0 Å². The minimum Gasteiger partial charge on any atom is -0.475 e. The SMILES string of the molecule is CCC(CC)NC(=O)C(C)S(=O)(=O)c1ccc(C(=O)O)o1. The molecule has 0 spiro atoms. The van der Waals surface area contributed by atoms with Crippen LogP contribution in [0.4, 0.5) is 0 Å². The summed E-state index contributed by atoms with van der Waals surface area (Å²) < 4.78 is 29.2. The van der Waals surface area contributed by atoms with E-state index in [-0.39, 0.29) is 6.04 Å². The van der Waals surface area contributed by atoms with Gasteiger partial charge in [-0.3, -0.25) is 4.79 Å². The normalized spacial score (nSPS) is 13.1. The molecule has 8 heteroatoms. The first-order valence-corrected chi connectivity index (χ1v) is 8.16. The number of hydrogen-bond acceptors (Lipinski definition) is 5. The molecular weight excluding hydrogens is 298 g/mol. The van der Waals surface area contributed by atoms with Gasteiger partial charge in [-0.15, -0.1) is 0 Å². The van der Waals surface area contributed by atoms with Gasteiger partial charge in [0.25, 0.3) is 0 Å². The van der Waals surface area contributed by atoms with Crippen LogP contribution in [0.1, 0.15) is 44.2 Å². The minimum atomic E-state index is -4.06. The average Bonchev–Trinajstić information content (AvgIpc) is 2.94. The van der Waals surface area contributed by atoms with Crippen LogP contribution in [0.25, 0.3) is 0 Å². The van der Waals surface area contributed by atoms with Crippen LogP contribution in [-0.4, -0.2) is 36.7 Å². The second-order valence-corrected chi connectivity index (χ2v) is 6.83. The van der Waals surface area contributed by atoms with E-state index in [0.29, 0.717) is 12.8 Å². The monoisotopic (exact) mass is 317 g/mol. The molecule has 1 rings (SSSR count). The third-order valence-corrected chi connectivity index (χ3v) is 5.16. The lowest BCUT2D eigenvalue weighted by atomic mass is 10.2. The second kappa shape index (κ2) is 6.75. The van der Waals surface area contributed by atoms with Gasteiger partial charge in [-0.2, -0.15) is 0 Å². The van der Waals surface area contributed by atoms with Crippen molar-refractivity contribution in [3.8, 4) is 0 Å². The summed E-state index contributed by atoms with van der Waals surface area (Å²) >= 11 is 0. The highest BCUT2D eigenvalue weighted by molar-refractivity contribution is 7.92. The number of carboxylic acid groups (broad SMARTS) is 1. The number of hydrogen-bond donors (Lipinski definition) is 2. The summed E-state index contributed by atoms with van der Waals surface area (Å²) in [5.41, 5.74) is 0. The molecule has 0 aromatic carbocycles. The van der Waals surface area contributed by atoms with Crippen molar-refractivity contribution in [2.45, 2.75) is 50.0 Å². The van der Waals surface area contributed by atoms with Crippen LogP contribution >= 0.6 is 0 Å². The lowest BCUT2D eigenvalue weighted by molar-refractivity contribution is -0.121. The van der Waals surface area contributed by atoms with Crippen molar-refractivity contribution < 1.29 is 27.5 Å². The van der Waals surface area contributed by atoms with Gasteiger partial charge in [-0.05, 0) is 31.9 Å². The fraction of sp³-hybridized carbons (Fsp3) is 0.538. The first kappa shape index (κ1) is 17.2. The summed E-state index contributed by atoms with van der Waals surface area (Å²) in [4.78, 5) is 22.7. The Kier molecular flexibility index (Phi) is 5.54. The summed E-state index contributed by atoms with van der Waals surface area (Å²) in [6, 6.07) is 1.99. The number of carbonyl (C=O) groups excluding carboxylic acids is 1. The number of nitrogens with one attached hydrogen (secondary N) is 1. The predicted octanol–water partition coefficient (Wildman–Crippen LogP) is 1.44. The zero-order chi connectivity index (χ0) is 16.2. The maximum Gasteiger partial charge on any atom is 0.371 e. The number of rotatable bonds is 7. The summed E-state index contributed by atoms with van der Waals surface area (Å²) in [6.07, 6.45) is 1.39. The van der Waals surface area contributed by atoms with Crippen LogP contribution in [0.5, 0.6) is 0 Å². The first-order chi connectivity index (χ1) is 9.73. The Morgan fingerprint density at radius 1 is 1.29 bits per heavy atom. The van der Waals surface area contributed by atoms with Crippen molar-refractivity contribution in [2.24, 2.45) is 0 Å². The third kappa shape index (κ3) is 3.84.